The van der Waals surface area contributed by atoms with Crippen molar-refractivity contribution >= 4 is 0 Å². The Morgan fingerprint density at radius 2 is 2.32 bits per heavy atom. The second kappa shape index (κ2) is 5.59. The molecule has 0 saturated carbocycles. The van der Waals surface area contributed by atoms with Crippen molar-refractivity contribution in [1.82, 2.24) is 15.5 Å². The lowest BCUT2D eigenvalue weighted by atomic mass is 9.89. The highest BCUT2D eigenvalue weighted by Crippen LogP contribution is 2.43. The highest BCUT2D eigenvalue weighted by molar-refractivity contribution is 5.06. The fraction of sp³-hybridized carbons (Fsp3) is 0.857. The highest BCUT2D eigenvalue weighted by atomic mass is 16.5. The molecule has 19 heavy (non-hydrogen) atoms. The Bertz CT molecular complexity index is 421. The van der Waals surface area contributed by atoms with E-state index in [1.54, 1.807) is 0 Å². The number of aromatic nitrogens is 2. The molecule has 5 nitrogen and oxygen atoms in total. The van der Waals surface area contributed by atoms with E-state index in [9.17, 15) is 0 Å². The Kier molecular flexibility index (Phi) is 3.84. The fourth-order valence-electron chi connectivity index (χ4n) is 3.22. The van der Waals surface area contributed by atoms with Crippen LogP contribution in [0.25, 0.3) is 0 Å². The highest BCUT2D eigenvalue weighted by Gasteiger charge is 2.43. The van der Waals surface area contributed by atoms with Gasteiger partial charge in [0.2, 0.25) is 5.89 Å². The summed E-state index contributed by atoms with van der Waals surface area (Å²) in [5.41, 5.74) is 0. The second-order valence-corrected chi connectivity index (χ2v) is 5.76. The van der Waals surface area contributed by atoms with E-state index in [4.69, 9.17) is 9.26 Å². The lowest BCUT2D eigenvalue weighted by Gasteiger charge is -2.13. The van der Waals surface area contributed by atoms with Crippen molar-refractivity contribution in [3.8, 4) is 0 Å². The van der Waals surface area contributed by atoms with Crippen molar-refractivity contribution in [2.24, 2.45) is 0 Å². The Morgan fingerprint density at radius 3 is 3.00 bits per heavy atom. The average Bonchev–Trinajstić information content (AvgIpc) is 3.12. The average molecular weight is 265 g/mol. The van der Waals surface area contributed by atoms with Crippen molar-refractivity contribution in [3.05, 3.63) is 11.7 Å². The predicted octanol–water partition coefficient (Wildman–Crippen LogP) is 2.04. The minimum absolute atomic E-state index is 0.330. The Hall–Kier alpha value is -0.940. The zero-order valence-corrected chi connectivity index (χ0v) is 11.8. The fourth-order valence-corrected chi connectivity index (χ4v) is 3.22. The number of aryl methyl sites for hydroxylation is 1. The SMILES string of the molecule is CCNC(C)CCc1nc(C2CC3CCC2O3)no1. The molecule has 0 aromatic carbocycles. The molecule has 0 radical (unpaired) electrons. The molecule has 2 aliphatic rings. The van der Waals surface area contributed by atoms with Crippen LogP contribution in [-0.2, 0) is 11.2 Å². The van der Waals surface area contributed by atoms with Crippen LogP contribution in [-0.4, -0.2) is 34.9 Å². The van der Waals surface area contributed by atoms with Crippen molar-refractivity contribution in [3.63, 3.8) is 0 Å². The van der Waals surface area contributed by atoms with Crippen LogP contribution in [0, 0.1) is 0 Å². The zero-order valence-electron chi connectivity index (χ0n) is 11.8. The lowest BCUT2D eigenvalue weighted by molar-refractivity contribution is 0.0996. The topological polar surface area (TPSA) is 60.2 Å². The maximum Gasteiger partial charge on any atom is 0.226 e. The molecule has 0 amide bonds. The summed E-state index contributed by atoms with van der Waals surface area (Å²) in [5, 5.41) is 7.54. The summed E-state index contributed by atoms with van der Waals surface area (Å²) in [4.78, 5) is 4.56. The van der Waals surface area contributed by atoms with Gasteiger partial charge in [0.15, 0.2) is 5.82 Å². The number of hydrogen-bond acceptors (Lipinski definition) is 5. The summed E-state index contributed by atoms with van der Waals surface area (Å²) < 4.78 is 11.2. The summed E-state index contributed by atoms with van der Waals surface area (Å²) in [6.07, 6.45) is 6.06. The molecule has 2 fully saturated rings. The lowest BCUT2D eigenvalue weighted by Crippen LogP contribution is -2.25. The molecular weight excluding hydrogens is 242 g/mol. The van der Waals surface area contributed by atoms with Crippen LogP contribution < -0.4 is 5.32 Å². The largest absolute Gasteiger partial charge is 0.374 e. The van der Waals surface area contributed by atoms with Crippen LogP contribution in [0.4, 0.5) is 0 Å². The van der Waals surface area contributed by atoms with Crippen LogP contribution >= 0.6 is 0 Å². The minimum atomic E-state index is 0.330. The first kappa shape index (κ1) is 13.1. The molecular formula is C14H23N3O2. The summed E-state index contributed by atoms with van der Waals surface area (Å²) in [6.45, 7) is 5.31. The van der Waals surface area contributed by atoms with E-state index in [1.165, 1.54) is 6.42 Å². The van der Waals surface area contributed by atoms with Gasteiger partial charge in [-0.25, -0.2) is 0 Å². The Balaban J connectivity index is 1.55. The number of fused-ring (bicyclic) bond motifs is 2. The monoisotopic (exact) mass is 265 g/mol. The first-order chi connectivity index (χ1) is 9.26. The maximum atomic E-state index is 5.85. The van der Waals surface area contributed by atoms with Gasteiger partial charge in [-0.3, -0.25) is 0 Å². The Morgan fingerprint density at radius 1 is 1.42 bits per heavy atom. The smallest absolute Gasteiger partial charge is 0.226 e. The molecule has 2 saturated heterocycles. The van der Waals surface area contributed by atoms with Gasteiger partial charge >= 0.3 is 0 Å². The van der Waals surface area contributed by atoms with Gasteiger partial charge < -0.3 is 14.6 Å². The van der Waals surface area contributed by atoms with E-state index in [2.05, 4.69) is 29.3 Å². The minimum Gasteiger partial charge on any atom is -0.374 e. The predicted molar refractivity (Wildman–Crippen MR) is 71.0 cm³/mol. The third-order valence-electron chi connectivity index (χ3n) is 4.27. The Labute approximate surface area is 114 Å². The second-order valence-electron chi connectivity index (χ2n) is 5.76. The summed E-state index contributed by atoms with van der Waals surface area (Å²) in [7, 11) is 0. The molecule has 2 aliphatic heterocycles. The molecule has 1 aromatic rings. The number of ether oxygens (including phenoxy) is 1. The van der Waals surface area contributed by atoms with Crippen molar-refractivity contribution in [2.75, 3.05) is 6.54 Å². The third-order valence-corrected chi connectivity index (χ3v) is 4.27. The van der Waals surface area contributed by atoms with Crippen LogP contribution in [0.15, 0.2) is 4.52 Å². The molecule has 0 aliphatic carbocycles. The molecule has 106 valence electrons. The molecule has 3 rings (SSSR count). The molecule has 5 heteroatoms. The van der Waals surface area contributed by atoms with Crippen molar-refractivity contribution < 1.29 is 9.26 Å². The van der Waals surface area contributed by atoms with E-state index in [-0.39, 0.29) is 0 Å². The van der Waals surface area contributed by atoms with Gasteiger partial charge in [-0.2, -0.15) is 4.98 Å². The first-order valence-corrected chi connectivity index (χ1v) is 7.47. The molecule has 0 spiro atoms. The van der Waals surface area contributed by atoms with Gasteiger partial charge in [0.05, 0.1) is 18.1 Å². The van der Waals surface area contributed by atoms with Crippen LogP contribution in [0.2, 0.25) is 0 Å². The van der Waals surface area contributed by atoms with Gasteiger partial charge in [0, 0.05) is 12.5 Å². The molecule has 4 atom stereocenters. The number of hydrogen-bond donors (Lipinski definition) is 1. The normalized spacial score (nSPS) is 30.9. The molecule has 1 N–H and O–H groups in total. The number of nitrogens with zero attached hydrogens (tertiary/aromatic N) is 2. The molecule has 1 aromatic heterocycles. The molecule has 3 heterocycles. The maximum absolute atomic E-state index is 5.85. The van der Waals surface area contributed by atoms with E-state index in [1.807, 2.05) is 0 Å². The van der Waals surface area contributed by atoms with Gasteiger partial charge in [0.1, 0.15) is 0 Å². The summed E-state index contributed by atoms with van der Waals surface area (Å²) in [5.74, 6) is 1.99. The van der Waals surface area contributed by atoms with Gasteiger partial charge in [-0.15, -0.1) is 0 Å². The standard InChI is InChI=1S/C14H23N3O2/c1-3-15-9(2)4-7-13-16-14(17-19-13)11-8-10-5-6-12(11)18-10/h9-12,15H,3-8H2,1-2H3. The third kappa shape index (κ3) is 2.82. The molecule has 2 bridgehead atoms. The summed E-state index contributed by atoms with van der Waals surface area (Å²) in [6, 6.07) is 0.492. The zero-order chi connectivity index (χ0) is 13.2. The quantitative estimate of drug-likeness (QED) is 0.853. The number of nitrogens with one attached hydrogen (secondary N) is 1. The van der Waals surface area contributed by atoms with Crippen LogP contribution in [0.1, 0.15) is 57.2 Å². The van der Waals surface area contributed by atoms with Gasteiger partial charge in [-0.1, -0.05) is 12.1 Å². The van der Waals surface area contributed by atoms with Crippen molar-refractivity contribution in [1.29, 1.82) is 0 Å². The first-order valence-electron chi connectivity index (χ1n) is 7.47. The molecule has 4 unspecified atom stereocenters. The van der Waals surface area contributed by atoms with E-state index in [0.717, 1.165) is 43.9 Å². The van der Waals surface area contributed by atoms with Crippen LogP contribution in [0.3, 0.4) is 0 Å². The van der Waals surface area contributed by atoms with Gasteiger partial charge in [0.25, 0.3) is 0 Å². The van der Waals surface area contributed by atoms with Crippen molar-refractivity contribution in [2.45, 2.75) is 70.1 Å². The van der Waals surface area contributed by atoms with Crippen LogP contribution in [0.5, 0.6) is 0 Å². The van der Waals surface area contributed by atoms with E-state index in [0.29, 0.717) is 24.2 Å². The van der Waals surface area contributed by atoms with E-state index < -0.39 is 0 Å². The number of rotatable bonds is 6. The van der Waals surface area contributed by atoms with E-state index >= 15 is 0 Å². The summed E-state index contributed by atoms with van der Waals surface area (Å²) >= 11 is 0. The van der Waals surface area contributed by atoms with Gasteiger partial charge in [-0.05, 0) is 39.2 Å².